The summed E-state index contributed by atoms with van der Waals surface area (Å²) in [7, 11) is 3.41. The number of aryl methyl sites for hydroxylation is 1. The third kappa shape index (κ3) is 4.22. The molecule has 0 saturated carbocycles. The third-order valence-electron chi connectivity index (χ3n) is 4.21. The predicted molar refractivity (Wildman–Crippen MR) is 99.1 cm³/mol. The zero-order chi connectivity index (χ0) is 17.9. The van der Waals surface area contributed by atoms with Crippen LogP contribution in [0.1, 0.15) is 29.7 Å². The van der Waals surface area contributed by atoms with Crippen LogP contribution in [0.2, 0.25) is 10.0 Å². The summed E-state index contributed by atoms with van der Waals surface area (Å²) in [6.07, 6.45) is 0.308. The van der Waals surface area contributed by atoms with E-state index in [0.29, 0.717) is 16.5 Å². The molecule has 3 nitrogen and oxygen atoms in total. The first kappa shape index (κ1) is 18.6. The van der Waals surface area contributed by atoms with E-state index in [0.717, 1.165) is 22.4 Å². The van der Waals surface area contributed by atoms with Gasteiger partial charge < -0.3 is 9.64 Å². The Morgan fingerprint density at radius 3 is 2.54 bits per heavy atom. The normalized spacial score (nSPS) is 11.9. The Morgan fingerprint density at radius 1 is 1.21 bits per heavy atom. The number of benzene rings is 2. The molecule has 0 spiro atoms. The number of rotatable bonds is 5. The van der Waals surface area contributed by atoms with Crippen LogP contribution in [-0.4, -0.2) is 25.0 Å². The molecular formula is C19H21Cl2NO2. The van der Waals surface area contributed by atoms with Crippen molar-refractivity contribution in [3.05, 3.63) is 63.1 Å². The predicted octanol–water partition coefficient (Wildman–Crippen LogP) is 5.07. The van der Waals surface area contributed by atoms with E-state index in [1.807, 2.05) is 38.1 Å². The lowest BCUT2D eigenvalue weighted by atomic mass is 10.0. The number of carbonyl (C=O) groups is 1. The highest BCUT2D eigenvalue weighted by molar-refractivity contribution is 6.35. The number of hydrogen-bond donors (Lipinski definition) is 0. The van der Waals surface area contributed by atoms with E-state index < -0.39 is 0 Å². The molecule has 0 N–H and O–H groups in total. The van der Waals surface area contributed by atoms with Crippen molar-refractivity contribution < 1.29 is 9.53 Å². The summed E-state index contributed by atoms with van der Waals surface area (Å²) < 4.78 is 5.32. The number of carbonyl (C=O) groups excluding carboxylic acids is 1. The number of ether oxygens (including phenoxy) is 1. The van der Waals surface area contributed by atoms with Gasteiger partial charge in [-0.05, 0) is 48.7 Å². The Kier molecular flexibility index (Phi) is 6.14. The molecule has 0 aromatic heterocycles. The lowest BCUT2D eigenvalue weighted by Gasteiger charge is -2.26. The molecule has 0 aliphatic heterocycles. The Morgan fingerprint density at radius 2 is 1.92 bits per heavy atom. The average Bonchev–Trinajstić information content (AvgIpc) is 2.55. The second-order valence-electron chi connectivity index (χ2n) is 5.83. The van der Waals surface area contributed by atoms with Crippen LogP contribution in [0.5, 0.6) is 5.75 Å². The number of nitrogens with zero attached hydrogens (tertiary/aromatic N) is 1. The molecule has 0 saturated heterocycles. The maximum Gasteiger partial charge on any atom is 0.227 e. The number of amides is 1. The molecule has 1 unspecified atom stereocenters. The largest absolute Gasteiger partial charge is 0.496 e. The topological polar surface area (TPSA) is 29.5 Å². The third-order valence-corrected chi connectivity index (χ3v) is 4.78. The Balaban J connectivity index is 2.14. The molecule has 128 valence electrons. The van der Waals surface area contributed by atoms with Crippen LogP contribution >= 0.6 is 23.2 Å². The molecule has 0 radical (unpaired) electrons. The van der Waals surface area contributed by atoms with Crippen LogP contribution in [-0.2, 0) is 11.2 Å². The van der Waals surface area contributed by atoms with E-state index in [1.165, 1.54) is 0 Å². The van der Waals surface area contributed by atoms with E-state index in [1.54, 1.807) is 31.2 Å². The van der Waals surface area contributed by atoms with Gasteiger partial charge >= 0.3 is 0 Å². The summed E-state index contributed by atoms with van der Waals surface area (Å²) in [6.45, 7) is 3.92. The molecule has 24 heavy (non-hydrogen) atoms. The zero-order valence-electron chi connectivity index (χ0n) is 14.3. The minimum atomic E-state index is -0.144. The van der Waals surface area contributed by atoms with Crippen molar-refractivity contribution >= 4 is 29.1 Å². The van der Waals surface area contributed by atoms with Gasteiger partial charge in [-0.2, -0.15) is 0 Å². The first-order valence-corrected chi connectivity index (χ1v) is 8.43. The van der Waals surface area contributed by atoms with E-state index >= 15 is 0 Å². The Labute approximate surface area is 153 Å². The fourth-order valence-electron chi connectivity index (χ4n) is 2.54. The highest BCUT2D eigenvalue weighted by Gasteiger charge is 2.20. The van der Waals surface area contributed by atoms with Crippen molar-refractivity contribution in [2.75, 3.05) is 14.2 Å². The number of halogens is 2. The molecule has 0 fully saturated rings. The van der Waals surface area contributed by atoms with Crippen LogP contribution in [0.4, 0.5) is 0 Å². The highest BCUT2D eigenvalue weighted by atomic mass is 35.5. The summed E-state index contributed by atoms with van der Waals surface area (Å²) in [5, 5.41) is 1.14. The molecule has 2 aromatic rings. The average molecular weight is 366 g/mol. The summed E-state index contributed by atoms with van der Waals surface area (Å²) in [5.41, 5.74) is 2.84. The summed E-state index contributed by atoms with van der Waals surface area (Å²) in [4.78, 5) is 14.3. The molecule has 0 heterocycles. The zero-order valence-corrected chi connectivity index (χ0v) is 15.8. The second kappa shape index (κ2) is 7.91. The van der Waals surface area contributed by atoms with E-state index in [4.69, 9.17) is 27.9 Å². The smallest absolute Gasteiger partial charge is 0.227 e. The van der Waals surface area contributed by atoms with E-state index in [9.17, 15) is 4.79 Å². The van der Waals surface area contributed by atoms with Gasteiger partial charge in [0.2, 0.25) is 5.91 Å². The summed E-state index contributed by atoms with van der Waals surface area (Å²) in [5.74, 6) is 0.802. The Bertz CT molecular complexity index is 746. The molecule has 1 amide bonds. The van der Waals surface area contributed by atoms with Gasteiger partial charge in [-0.1, -0.05) is 41.4 Å². The van der Waals surface area contributed by atoms with Crippen molar-refractivity contribution in [2.24, 2.45) is 0 Å². The van der Waals surface area contributed by atoms with Gasteiger partial charge in [0.1, 0.15) is 5.75 Å². The molecule has 0 aliphatic rings. The standard InChI is InChI=1S/C19H21Cl2NO2/c1-12-5-6-14(9-18(12)24-4)10-19(23)22(3)13(2)16-8-7-15(20)11-17(16)21/h5-9,11,13H,10H2,1-4H3. The van der Waals surface area contributed by atoms with E-state index in [2.05, 4.69) is 0 Å². The number of likely N-dealkylation sites (N-methyl/N-ethyl adjacent to an activating group) is 1. The lowest BCUT2D eigenvalue weighted by Crippen LogP contribution is -2.31. The fourth-order valence-corrected chi connectivity index (χ4v) is 3.11. The van der Waals surface area contributed by atoms with Crippen molar-refractivity contribution in [3.8, 4) is 5.75 Å². The van der Waals surface area contributed by atoms with Gasteiger partial charge in [-0.25, -0.2) is 0 Å². The SMILES string of the molecule is COc1cc(CC(=O)N(C)C(C)c2ccc(Cl)cc2Cl)ccc1C. The second-order valence-corrected chi connectivity index (χ2v) is 6.67. The van der Waals surface area contributed by atoms with Crippen molar-refractivity contribution in [1.29, 1.82) is 0 Å². The molecule has 1 atom stereocenters. The van der Waals surface area contributed by atoms with Gasteiger partial charge in [-0.3, -0.25) is 4.79 Å². The Hall–Kier alpha value is -1.71. The molecule has 2 aromatic carbocycles. The molecule has 5 heteroatoms. The molecule has 0 aliphatic carbocycles. The molecule has 0 bridgehead atoms. The van der Waals surface area contributed by atoms with Gasteiger partial charge in [0.05, 0.1) is 19.6 Å². The maximum absolute atomic E-state index is 12.6. The van der Waals surface area contributed by atoms with Crippen LogP contribution in [0.3, 0.4) is 0 Å². The van der Waals surface area contributed by atoms with Crippen molar-refractivity contribution in [1.82, 2.24) is 4.90 Å². The summed E-state index contributed by atoms with van der Waals surface area (Å²) >= 11 is 12.2. The van der Waals surface area contributed by atoms with Crippen LogP contribution in [0.25, 0.3) is 0 Å². The fraction of sp³-hybridized carbons (Fsp3) is 0.316. The van der Waals surface area contributed by atoms with Gasteiger partial charge in [0.15, 0.2) is 0 Å². The van der Waals surface area contributed by atoms with Crippen molar-refractivity contribution in [3.63, 3.8) is 0 Å². The quantitative estimate of drug-likeness (QED) is 0.739. The van der Waals surface area contributed by atoms with E-state index in [-0.39, 0.29) is 11.9 Å². The van der Waals surface area contributed by atoms with Crippen LogP contribution in [0, 0.1) is 6.92 Å². The maximum atomic E-state index is 12.6. The van der Waals surface area contributed by atoms with Gasteiger partial charge in [0, 0.05) is 17.1 Å². The number of methoxy groups -OCH3 is 1. The highest BCUT2D eigenvalue weighted by Crippen LogP contribution is 2.29. The minimum Gasteiger partial charge on any atom is -0.496 e. The van der Waals surface area contributed by atoms with Crippen LogP contribution < -0.4 is 4.74 Å². The monoisotopic (exact) mass is 365 g/mol. The molecular weight excluding hydrogens is 345 g/mol. The minimum absolute atomic E-state index is 0.0134. The molecule has 2 rings (SSSR count). The first-order chi connectivity index (χ1) is 11.3. The lowest BCUT2D eigenvalue weighted by molar-refractivity contribution is -0.131. The van der Waals surface area contributed by atoms with Gasteiger partial charge in [0.25, 0.3) is 0 Å². The number of hydrogen-bond acceptors (Lipinski definition) is 2. The van der Waals surface area contributed by atoms with Crippen molar-refractivity contribution in [2.45, 2.75) is 26.3 Å². The van der Waals surface area contributed by atoms with Gasteiger partial charge in [-0.15, -0.1) is 0 Å². The van der Waals surface area contributed by atoms with Crippen LogP contribution in [0.15, 0.2) is 36.4 Å². The summed E-state index contributed by atoms with van der Waals surface area (Å²) in [6, 6.07) is 11.0. The first-order valence-electron chi connectivity index (χ1n) is 7.67.